The van der Waals surface area contributed by atoms with Gasteiger partial charge < -0.3 is 14.9 Å². The highest BCUT2D eigenvalue weighted by Crippen LogP contribution is 2.30. The zero-order valence-electron chi connectivity index (χ0n) is 11.1. The number of hydrogen-bond acceptors (Lipinski definition) is 4. The number of nitrogens with zero attached hydrogens (tertiary/aromatic N) is 1. The quantitative estimate of drug-likeness (QED) is 0.843. The average Bonchev–Trinajstić information content (AvgIpc) is 2.43. The molecule has 2 aromatic rings. The van der Waals surface area contributed by atoms with Gasteiger partial charge in [-0.2, -0.15) is 0 Å². The second-order valence-corrected chi connectivity index (χ2v) is 4.67. The number of aromatic hydroxyl groups is 1. The Morgan fingerprint density at radius 2 is 2.14 bits per heavy atom. The molecular formula is C15H12ClNO4. The van der Waals surface area contributed by atoms with E-state index in [9.17, 15) is 4.79 Å². The van der Waals surface area contributed by atoms with Gasteiger partial charge in [0.15, 0.2) is 0 Å². The molecule has 6 heteroatoms. The van der Waals surface area contributed by atoms with E-state index in [-0.39, 0.29) is 5.75 Å². The van der Waals surface area contributed by atoms with E-state index >= 15 is 0 Å². The van der Waals surface area contributed by atoms with Crippen LogP contribution in [0.15, 0.2) is 36.5 Å². The van der Waals surface area contributed by atoms with Crippen LogP contribution < -0.4 is 4.74 Å². The van der Waals surface area contributed by atoms with E-state index in [1.165, 1.54) is 24.4 Å². The van der Waals surface area contributed by atoms with Gasteiger partial charge in [-0.15, -0.1) is 0 Å². The van der Waals surface area contributed by atoms with E-state index in [4.69, 9.17) is 26.6 Å². The lowest BCUT2D eigenvalue weighted by Crippen LogP contribution is -1.92. The van der Waals surface area contributed by atoms with Gasteiger partial charge in [0.1, 0.15) is 11.5 Å². The molecule has 0 amide bonds. The van der Waals surface area contributed by atoms with Crippen molar-refractivity contribution in [3.63, 3.8) is 0 Å². The number of ether oxygens (including phenoxy) is 1. The molecule has 1 heterocycles. The van der Waals surface area contributed by atoms with Crippen LogP contribution in [-0.4, -0.2) is 21.2 Å². The Bertz CT molecular complexity index is 696. The van der Waals surface area contributed by atoms with Gasteiger partial charge in [0.25, 0.3) is 0 Å². The number of rotatable bonds is 4. The predicted molar refractivity (Wildman–Crippen MR) is 78.8 cm³/mol. The molecule has 2 rings (SSSR count). The minimum Gasteiger partial charge on any atom is -0.506 e. The first-order valence-corrected chi connectivity index (χ1v) is 6.37. The molecule has 0 aliphatic rings. The molecule has 1 aromatic heterocycles. The lowest BCUT2D eigenvalue weighted by Gasteiger charge is -2.10. The number of aromatic nitrogens is 1. The molecule has 0 unspecified atom stereocenters. The van der Waals surface area contributed by atoms with Gasteiger partial charge >= 0.3 is 5.97 Å². The minimum absolute atomic E-state index is 0.0475. The van der Waals surface area contributed by atoms with E-state index in [1.807, 2.05) is 6.92 Å². The fourth-order valence-corrected chi connectivity index (χ4v) is 1.85. The van der Waals surface area contributed by atoms with Gasteiger partial charge in [0.2, 0.25) is 5.88 Å². The first-order chi connectivity index (χ1) is 9.95. The van der Waals surface area contributed by atoms with E-state index in [2.05, 4.69) is 4.98 Å². The zero-order valence-corrected chi connectivity index (χ0v) is 11.8. The zero-order chi connectivity index (χ0) is 15.4. The van der Waals surface area contributed by atoms with Gasteiger partial charge in [0, 0.05) is 18.2 Å². The Morgan fingerprint density at radius 3 is 2.76 bits per heavy atom. The molecule has 0 spiro atoms. The second kappa shape index (κ2) is 6.28. The molecule has 108 valence electrons. The molecule has 0 saturated heterocycles. The summed E-state index contributed by atoms with van der Waals surface area (Å²) < 4.78 is 5.58. The van der Waals surface area contributed by atoms with Crippen molar-refractivity contribution in [2.75, 3.05) is 0 Å². The number of aryl methyl sites for hydroxylation is 1. The maximum absolute atomic E-state index is 10.5. The van der Waals surface area contributed by atoms with E-state index < -0.39 is 5.97 Å². The first-order valence-electron chi connectivity index (χ1n) is 6.00. The number of hydrogen-bond donors (Lipinski definition) is 2. The first kappa shape index (κ1) is 14.9. The SMILES string of the molecule is Cc1cc(/C=C/C(=O)O)c(Cl)cc1Oc1ccc(O)cn1. The van der Waals surface area contributed by atoms with Gasteiger partial charge in [0.05, 0.1) is 11.2 Å². The fraction of sp³-hybridized carbons (Fsp3) is 0.0667. The van der Waals surface area contributed by atoms with Crippen molar-refractivity contribution in [3.05, 3.63) is 52.7 Å². The summed E-state index contributed by atoms with van der Waals surface area (Å²) in [5, 5.41) is 18.2. The maximum atomic E-state index is 10.5. The fourth-order valence-electron chi connectivity index (χ4n) is 1.63. The van der Waals surface area contributed by atoms with Crippen LogP contribution in [0.1, 0.15) is 11.1 Å². The van der Waals surface area contributed by atoms with Crippen LogP contribution >= 0.6 is 11.6 Å². The molecule has 0 bridgehead atoms. The summed E-state index contributed by atoms with van der Waals surface area (Å²) in [5.74, 6) is -0.171. The smallest absolute Gasteiger partial charge is 0.328 e. The Labute approximate surface area is 126 Å². The van der Waals surface area contributed by atoms with E-state index in [0.717, 1.165) is 11.6 Å². The Kier molecular flexibility index (Phi) is 4.45. The highest BCUT2D eigenvalue weighted by Gasteiger charge is 2.07. The number of halogens is 1. The molecule has 0 saturated carbocycles. The summed E-state index contributed by atoms with van der Waals surface area (Å²) in [4.78, 5) is 14.4. The lowest BCUT2D eigenvalue weighted by molar-refractivity contribution is -0.131. The highest BCUT2D eigenvalue weighted by atomic mass is 35.5. The predicted octanol–water partition coefficient (Wildman–Crippen LogP) is 3.64. The summed E-state index contributed by atoms with van der Waals surface area (Å²) in [6, 6.07) is 6.30. The molecule has 0 aliphatic carbocycles. The largest absolute Gasteiger partial charge is 0.506 e. The van der Waals surface area contributed by atoms with Crippen LogP contribution in [0.25, 0.3) is 6.08 Å². The van der Waals surface area contributed by atoms with Gasteiger partial charge in [-0.25, -0.2) is 9.78 Å². The van der Waals surface area contributed by atoms with Crippen LogP contribution in [0.3, 0.4) is 0 Å². The summed E-state index contributed by atoms with van der Waals surface area (Å²) >= 11 is 6.09. The minimum atomic E-state index is -1.04. The molecular weight excluding hydrogens is 294 g/mol. The van der Waals surface area contributed by atoms with Crippen LogP contribution in [-0.2, 0) is 4.79 Å². The van der Waals surface area contributed by atoms with Crippen molar-refractivity contribution in [1.29, 1.82) is 0 Å². The van der Waals surface area contributed by atoms with Crippen LogP contribution in [0, 0.1) is 6.92 Å². The number of aliphatic carboxylic acids is 1. The van der Waals surface area contributed by atoms with Crippen molar-refractivity contribution in [2.45, 2.75) is 6.92 Å². The molecule has 0 atom stereocenters. The molecule has 0 radical (unpaired) electrons. The third-order valence-electron chi connectivity index (χ3n) is 2.63. The Balaban J connectivity index is 2.27. The highest BCUT2D eigenvalue weighted by molar-refractivity contribution is 6.32. The third kappa shape index (κ3) is 3.97. The summed E-state index contributed by atoms with van der Waals surface area (Å²) in [5.41, 5.74) is 1.36. The average molecular weight is 306 g/mol. The number of carboxylic acid groups (broad SMARTS) is 1. The van der Waals surface area contributed by atoms with Crippen LogP contribution in [0.5, 0.6) is 17.4 Å². The number of carboxylic acids is 1. The summed E-state index contributed by atoms with van der Waals surface area (Å²) in [7, 11) is 0. The van der Waals surface area contributed by atoms with Gasteiger partial charge in [-0.1, -0.05) is 11.6 Å². The molecule has 2 N–H and O–H groups in total. The summed E-state index contributed by atoms with van der Waals surface area (Å²) in [6.45, 7) is 1.81. The van der Waals surface area contributed by atoms with Crippen molar-refractivity contribution in [1.82, 2.24) is 4.98 Å². The van der Waals surface area contributed by atoms with E-state index in [1.54, 1.807) is 12.1 Å². The molecule has 0 fully saturated rings. The number of benzene rings is 1. The van der Waals surface area contributed by atoms with E-state index in [0.29, 0.717) is 22.2 Å². The Morgan fingerprint density at radius 1 is 1.38 bits per heavy atom. The normalized spacial score (nSPS) is 10.8. The number of carbonyl (C=O) groups is 1. The third-order valence-corrected chi connectivity index (χ3v) is 2.96. The topological polar surface area (TPSA) is 79.7 Å². The summed E-state index contributed by atoms with van der Waals surface area (Å²) in [6.07, 6.45) is 3.71. The molecule has 21 heavy (non-hydrogen) atoms. The van der Waals surface area contributed by atoms with Crippen LogP contribution in [0.2, 0.25) is 5.02 Å². The maximum Gasteiger partial charge on any atom is 0.328 e. The second-order valence-electron chi connectivity index (χ2n) is 4.27. The molecule has 0 aliphatic heterocycles. The van der Waals surface area contributed by atoms with Crippen molar-refractivity contribution in [3.8, 4) is 17.4 Å². The molecule has 1 aromatic carbocycles. The number of pyridine rings is 1. The van der Waals surface area contributed by atoms with Gasteiger partial charge in [-0.3, -0.25) is 0 Å². The van der Waals surface area contributed by atoms with Gasteiger partial charge in [-0.05, 0) is 36.3 Å². The van der Waals surface area contributed by atoms with Crippen molar-refractivity contribution in [2.24, 2.45) is 0 Å². The Hall–Kier alpha value is -2.53. The standard InChI is InChI=1S/C15H12ClNO4/c1-9-6-10(2-5-15(19)20)12(16)7-13(9)21-14-4-3-11(18)8-17-14/h2-8,18H,1H3,(H,19,20)/b5-2+. The van der Waals surface area contributed by atoms with Crippen molar-refractivity contribution < 1.29 is 19.7 Å². The molecule has 5 nitrogen and oxygen atoms in total. The van der Waals surface area contributed by atoms with Crippen molar-refractivity contribution >= 4 is 23.6 Å². The monoisotopic (exact) mass is 305 g/mol. The van der Waals surface area contributed by atoms with Crippen LogP contribution in [0.4, 0.5) is 0 Å². The lowest BCUT2D eigenvalue weighted by atomic mass is 10.1.